The van der Waals surface area contributed by atoms with E-state index in [1.54, 1.807) is 13.0 Å². The van der Waals surface area contributed by atoms with Gasteiger partial charge in [-0.15, -0.1) is 0 Å². The molecule has 0 bridgehead atoms. The Labute approximate surface area is 118 Å². The Balaban J connectivity index is 2.72. The molecule has 21 heavy (non-hydrogen) atoms. The van der Waals surface area contributed by atoms with Gasteiger partial charge in [-0.1, -0.05) is 6.07 Å². The van der Waals surface area contributed by atoms with Crippen LogP contribution in [0.1, 0.15) is 12.5 Å². The number of anilines is 1. The number of hydrogen-bond donors (Lipinski definition) is 1. The first-order valence-electron chi connectivity index (χ1n) is 5.74. The maximum Gasteiger partial charge on any atom is 0.416 e. The van der Waals surface area contributed by atoms with Crippen molar-refractivity contribution in [3.63, 3.8) is 0 Å². The number of nitrogens with zero attached hydrogens (tertiary/aromatic N) is 1. The summed E-state index contributed by atoms with van der Waals surface area (Å²) in [4.78, 5) is 16.0. The third kappa shape index (κ3) is 5.06. The van der Waals surface area contributed by atoms with Crippen LogP contribution in [0.4, 0.5) is 18.9 Å². The maximum atomic E-state index is 12.5. The van der Waals surface area contributed by atoms with Crippen LogP contribution >= 0.6 is 0 Å². The summed E-state index contributed by atoms with van der Waals surface area (Å²) in [7, 11) is 0. The second-order valence-electron chi connectivity index (χ2n) is 3.67. The summed E-state index contributed by atoms with van der Waals surface area (Å²) >= 11 is 0. The van der Waals surface area contributed by atoms with Crippen molar-refractivity contribution >= 4 is 11.7 Å². The van der Waals surface area contributed by atoms with Crippen molar-refractivity contribution in [2.45, 2.75) is 13.1 Å². The van der Waals surface area contributed by atoms with E-state index in [1.807, 2.05) is 0 Å². The highest BCUT2D eigenvalue weighted by Crippen LogP contribution is 2.30. The standard InChI is InChI=1S/C13H11F3N2O3/c1-2-20-8-9(7-17)12(19)21-18-11-5-3-4-10(6-11)13(14,15)16/h3-6,8,18H,2H2,1H3. The number of hydrogen-bond acceptors (Lipinski definition) is 5. The Bertz CT molecular complexity index is 577. The van der Waals surface area contributed by atoms with Gasteiger partial charge >= 0.3 is 12.1 Å². The molecule has 0 aliphatic carbocycles. The first-order valence-corrected chi connectivity index (χ1v) is 5.74. The number of benzene rings is 1. The molecule has 0 aromatic heterocycles. The highest BCUT2D eigenvalue weighted by Gasteiger charge is 2.30. The predicted octanol–water partition coefficient (Wildman–Crippen LogP) is 3.02. The third-order valence-electron chi connectivity index (χ3n) is 2.16. The fraction of sp³-hybridized carbons (Fsp3) is 0.231. The van der Waals surface area contributed by atoms with Crippen molar-refractivity contribution < 1.29 is 27.5 Å². The van der Waals surface area contributed by atoms with Crippen LogP contribution in [0.15, 0.2) is 36.1 Å². The maximum absolute atomic E-state index is 12.5. The smallest absolute Gasteiger partial charge is 0.416 e. The molecule has 0 aliphatic rings. The lowest BCUT2D eigenvalue weighted by Gasteiger charge is -2.10. The van der Waals surface area contributed by atoms with Gasteiger partial charge in [-0.3, -0.25) is 0 Å². The van der Waals surface area contributed by atoms with Gasteiger partial charge in [0.05, 0.1) is 17.9 Å². The van der Waals surface area contributed by atoms with Crippen LogP contribution in [-0.2, 0) is 20.5 Å². The molecule has 0 heterocycles. The first-order chi connectivity index (χ1) is 9.88. The molecule has 0 fully saturated rings. The number of nitriles is 1. The summed E-state index contributed by atoms with van der Waals surface area (Å²) in [5.41, 5.74) is 0.660. The Morgan fingerprint density at radius 3 is 2.76 bits per heavy atom. The first kappa shape index (κ1) is 16.4. The molecule has 8 heteroatoms. The molecule has 0 atom stereocenters. The van der Waals surface area contributed by atoms with Crippen LogP contribution in [0.2, 0.25) is 0 Å². The van der Waals surface area contributed by atoms with E-state index < -0.39 is 23.3 Å². The lowest BCUT2D eigenvalue weighted by molar-refractivity contribution is -0.137. The highest BCUT2D eigenvalue weighted by molar-refractivity contribution is 5.92. The van der Waals surface area contributed by atoms with E-state index in [2.05, 4.69) is 10.3 Å². The van der Waals surface area contributed by atoms with Gasteiger partial charge in [0.2, 0.25) is 0 Å². The van der Waals surface area contributed by atoms with E-state index >= 15 is 0 Å². The van der Waals surface area contributed by atoms with E-state index in [1.165, 1.54) is 6.07 Å². The van der Waals surface area contributed by atoms with Crippen LogP contribution in [0.5, 0.6) is 0 Å². The van der Waals surface area contributed by atoms with Gasteiger partial charge in [0.1, 0.15) is 12.3 Å². The van der Waals surface area contributed by atoms with Crippen LogP contribution in [0.25, 0.3) is 0 Å². The molecule has 0 saturated heterocycles. The summed E-state index contributed by atoms with van der Waals surface area (Å²) in [6, 6.07) is 5.63. The van der Waals surface area contributed by atoms with Crippen molar-refractivity contribution in [3.8, 4) is 6.07 Å². The molecule has 1 aromatic rings. The topological polar surface area (TPSA) is 71.3 Å². The quantitative estimate of drug-likeness (QED) is 0.392. The number of rotatable bonds is 5. The SMILES string of the molecule is CCOC=C(C#N)C(=O)ONc1cccc(C(F)(F)F)c1. The number of carbonyl (C=O) groups is 1. The van der Waals surface area contributed by atoms with Gasteiger partial charge in [-0.05, 0) is 25.1 Å². The zero-order valence-electron chi connectivity index (χ0n) is 10.9. The molecule has 0 saturated carbocycles. The normalized spacial score (nSPS) is 11.5. The molecule has 1 N–H and O–H groups in total. The van der Waals surface area contributed by atoms with Crippen molar-refractivity contribution in [3.05, 3.63) is 41.7 Å². The number of carbonyl (C=O) groups excluding carboxylic acids is 1. The Hall–Kier alpha value is -2.69. The summed E-state index contributed by atoms with van der Waals surface area (Å²) in [6.45, 7) is 1.90. The molecule has 1 aromatic carbocycles. The van der Waals surface area contributed by atoms with Crippen LogP contribution in [-0.4, -0.2) is 12.6 Å². The van der Waals surface area contributed by atoms with Gasteiger partial charge in [-0.2, -0.15) is 18.4 Å². The number of nitrogens with one attached hydrogen (secondary N) is 1. The molecule has 1 rings (SSSR count). The average Bonchev–Trinajstić information content (AvgIpc) is 2.45. The van der Waals surface area contributed by atoms with Crippen LogP contribution in [0, 0.1) is 11.3 Å². The fourth-order valence-corrected chi connectivity index (χ4v) is 1.21. The minimum absolute atomic E-state index is 0.0770. The minimum Gasteiger partial charge on any atom is -0.500 e. The fourth-order valence-electron chi connectivity index (χ4n) is 1.21. The molecule has 0 unspecified atom stereocenters. The number of halogens is 3. The van der Waals surface area contributed by atoms with Gasteiger partial charge in [0, 0.05) is 0 Å². The van der Waals surface area contributed by atoms with Gasteiger partial charge in [-0.25, -0.2) is 10.3 Å². The molecular weight excluding hydrogens is 289 g/mol. The Kier molecular flexibility index (Phi) is 5.60. The van der Waals surface area contributed by atoms with E-state index in [-0.39, 0.29) is 12.3 Å². The molecule has 0 radical (unpaired) electrons. The van der Waals surface area contributed by atoms with Crippen molar-refractivity contribution in [2.24, 2.45) is 0 Å². The predicted molar refractivity (Wildman–Crippen MR) is 66.5 cm³/mol. The van der Waals surface area contributed by atoms with Gasteiger partial charge < -0.3 is 9.57 Å². The van der Waals surface area contributed by atoms with E-state index in [9.17, 15) is 18.0 Å². The largest absolute Gasteiger partial charge is 0.500 e. The van der Waals surface area contributed by atoms with E-state index in [4.69, 9.17) is 10.00 Å². The lowest BCUT2D eigenvalue weighted by Crippen LogP contribution is -2.13. The molecule has 112 valence electrons. The van der Waals surface area contributed by atoms with E-state index in [0.717, 1.165) is 24.5 Å². The van der Waals surface area contributed by atoms with Gasteiger partial charge in [0.15, 0.2) is 5.57 Å². The Morgan fingerprint density at radius 2 is 2.19 bits per heavy atom. The minimum atomic E-state index is -4.51. The highest BCUT2D eigenvalue weighted by atomic mass is 19.4. The van der Waals surface area contributed by atoms with Crippen molar-refractivity contribution in [2.75, 3.05) is 12.1 Å². The van der Waals surface area contributed by atoms with Crippen molar-refractivity contribution in [1.82, 2.24) is 0 Å². The van der Waals surface area contributed by atoms with Crippen LogP contribution < -0.4 is 5.48 Å². The summed E-state index contributed by atoms with van der Waals surface area (Å²) < 4.78 is 42.2. The average molecular weight is 300 g/mol. The Morgan fingerprint density at radius 1 is 1.48 bits per heavy atom. The monoisotopic (exact) mass is 300 g/mol. The summed E-state index contributed by atoms with van der Waals surface area (Å²) in [5.74, 6) is -1.07. The zero-order chi connectivity index (χ0) is 15.9. The number of ether oxygens (including phenoxy) is 1. The molecule has 0 aliphatic heterocycles. The summed E-state index contributed by atoms with van der Waals surface area (Å²) in [5, 5.41) is 8.70. The molecule has 0 amide bonds. The summed E-state index contributed by atoms with van der Waals surface area (Å²) in [6.07, 6.45) is -3.59. The number of alkyl halides is 3. The van der Waals surface area contributed by atoms with Crippen LogP contribution in [0.3, 0.4) is 0 Å². The molecular formula is C13H11F3N2O3. The molecule has 0 spiro atoms. The second-order valence-corrected chi connectivity index (χ2v) is 3.67. The second kappa shape index (κ2) is 7.19. The van der Waals surface area contributed by atoms with Crippen molar-refractivity contribution in [1.29, 1.82) is 5.26 Å². The zero-order valence-corrected chi connectivity index (χ0v) is 10.9. The van der Waals surface area contributed by atoms with Gasteiger partial charge in [0.25, 0.3) is 0 Å². The lowest BCUT2D eigenvalue weighted by atomic mass is 10.2. The molecule has 5 nitrogen and oxygen atoms in total. The van der Waals surface area contributed by atoms with E-state index in [0.29, 0.717) is 0 Å². The third-order valence-corrected chi connectivity index (χ3v) is 2.16.